The average Bonchev–Trinajstić information content (AvgIpc) is 2.90. The lowest BCUT2D eigenvalue weighted by Crippen LogP contribution is -2.27. The van der Waals surface area contributed by atoms with Crippen LogP contribution in [0, 0.1) is 11.3 Å². The fourth-order valence-electron chi connectivity index (χ4n) is 3.32. The molecule has 3 rings (SSSR count). The molecule has 0 saturated heterocycles. The molecule has 0 spiro atoms. The number of nitrogens with one attached hydrogen (secondary N) is 1. The predicted octanol–water partition coefficient (Wildman–Crippen LogP) is 4.85. The van der Waals surface area contributed by atoms with Crippen LogP contribution in [-0.4, -0.2) is 26.1 Å². The molecule has 7 heteroatoms. The number of hydrogen-bond donors (Lipinski definition) is 1. The average molecular weight is 471 g/mol. The number of rotatable bonds is 9. The number of benzene rings is 3. The molecule has 0 aliphatic carbocycles. The zero-order chi connectivity index (χ0) is 25.2. The Bertz CT molecular complexity index is 1240. The second-order valence-corrected chi connectivity index (χ2v) is 7.66. The first-order chi connectivity index (χ1) is 16.9. The van der Waals surface area contributed by atoms with Gasteiger partial charge in [-0.25, -0.2) is 4.79 Å². The van der Waals surface area contributed by atoms with Gasteiger partial charge in [0.1, 0.15) is 18.2 Å². The van der Waals surface area contributed by atoms with Crippen LogP contribution in [0.3, 0.4) is 0 Å². The normalized spacial score (nSPS) is 11.7. The van der Waals surface area contributed by atoms with Gasteiger partial charge in [-0.1, -0.05) is 48.5 Å². The molecule has 1 unspecified atom stereocenters. The van der Waals surface area contributed by atoms with E-state index in [0.717, 1.165) is 11.1 Å². The van der Waals surface area contributed by atoms with E-state index in [4.69, 9.17) is 14.2 Å². The number of ether oxygens (including phenoxy) is 3. The molecule has 1 atom stereocenters. The molecule has 1 amide bonds. The van der Waals surface area contributed by atoms with Crippen LogP contribution in [0.5, 0.6) is 11.5 Å². The lowest BCUT2D eigenvalue weighted by molar-refractivity contribution is -0.117. The van der Waals surface area contributed by atoms with E-state index in [9.17, 15) is 14.9 Å². The fraction of sp³-hybridized carbons (Fsp3) is 0.179. The van der Waals surface area contributed by atoms with Gasteiger partial charge in [0.25, 0.3) is 5.91 Å². The van der Waals surface area contributed by atoms with E-state index in [-0.39, 0.29) is 18.2 Å². The van der Waals surface area contributed by atoms with Crippen molar-refractivity contribution in [1.29, 1.82) is 5.26 Å². The first-order valence-corrected chi connectivity index (χ1v) is 10.9. The van der Waals surface area contributed by atoms with Gasteiger partial charge in [0.05, 0.1) is 25.8 Å². The minimum absolute atomic E-state index is 0.0193. The van der Waals surface area contributed by atoms with E-state index in [0.29, 0.717) is 22.6 Å². The van der Waals surface area contributed by atoms with Crippen molar-refractivity contribution in [2.24, 2.45) is 0 Å². The SMILES string of the molecule is COC(=O)c1ccc(COc2ccc(/C=C(\C#N)C(=O)NC(C)c3ccccc3)cc2OC)cc1. The van der Waals surface area contributed by atoms with Crippen LogP contribution in [0.1, 0.15) is 40.0 Å². The number of nitriles is 1. The van der Waals surface area contributed by atoms with E-state index >= 15 is 0 Å². The van der Waals surface area contributed by atoms with Gasteiger partial charge in [0.2, 0.25) is 0 Å². The van der Waals surface area contributed by atoms with Gasteiger partial charge in [-0.15, -0.1) is 0 Å². The molecule has 0 saturated carbocycles. The zero-order valence-corrected chi connectivity index (χ0v) is 19.8. The molecule has 0 radical (unpaired) electrons. The summed E-state index contributed by atoms with van der Waals surface area (Å²) in [6.45, 7) is 2.12. The third-order valence-corrected chi connectivity index (χ3v) is 5.28. The smallest absolute Gasteiger partial charge is 0.337 e. The van der Waals surface area contributed by atoms with Crippen molar-refractivity contribution in [2.45, 2.75) is 19.6 Å². The van der Waals surface area contributed by atoms with Gasteiger partial charge in [-0.2, -0.15) is 5.26 Å². The number of esters is 1. The standard InChI is InChI=1S/C28H26N2O5/c1-19(22-7-5-4-6-8-22)30-27(31)24(17-29)15-21-11-14-25(26(16-21)33-2)35-18-20-9-12-23(13-10-20)28(32)34-3/h4-16,19H,18H2,1-3H3,(H,30,31)/b24-15+. The van der Waals surface area contributed by atoms with Crippen LogP contribution < -0.4 is 14.8 Å². The highest BCUT2D eigenvalue weighted by molar-refractivity contribution is 6.01. The van der Waals surface area contributed by atoms with Crippen LogP contribution in [0.2, 0.25) is 0 Å². The summed E-state index contributed by atoms with van der Waals surface area (Å²) in [6, 6.07) is 23.3. The maximum atomic E-state index is 12.6. The monoisotopic (exact) mass is 470 g/mol. The predicted molar refractivity (Wildman–Crippen MR) is 132 cm³/mol. The Morgan fingerprint density at radius 1 is 1.00 bits per heavy atom. The molecule has 0 aromatic heterocycles. The van der Waals surface area contributed by atoms with Gasteiger partial charge in [0.15, 0.2) is 11.5 Å². The Morgan fingerprint density at radius 2 is 1.71 bits per heavy atom. The van der Waals surface area contributed by atoms with Crippen LogP contribution in [-0.2, 0) is 16.1 Å². The van der Waals surface area contributed by atoms with E-state index in [1.54, 1.807) is 42.5 Å². The minimum atomic E-state index is -0.460. The van der Waals surface area contributed by atoms with Crippen molar-refractivity contribution in [2.75, 3.05) is 14.2 Å². The number of nitrogens with zero attached hydrogens (tertiary/aromatic N) is 1. The molecule has 0 heterocycles. The molecule has 3 aromatic rings. The third kappa shape index (κ3) is 6.71. The Hall–Kier alpha value is -4.57. The summed E-state index contributed by atoms with van der Waals surface area (Å²) in [5.41, 5.74) is 2.87. The molecule has 178 valence electrons. The largest absolute Gasteiger partial charge is 0.493 e. The van der Waals surface area contributed by atoms with Crippen LogP contribution >= 0.6 is 0 Å². The van der Waals surface area contributed by atoms with Crippen molar-refractivity contribution in [3.63, 3.8) is 0 Å². The summed E-state index contributed by atoms with van der Waals surface area (Å²) in [5, 5.41) is 12.4. The topological polar surface area (TPSA) is 97.7 Å². The summed E-state index contributed by atoms with van der Waals surface area (Å²) in [5.74, 6) is 0.101. The number of hydrogen-bond acceptors (Lipinski definition) is 6. The van der Waals surface area contributed by atoms with Gasteiger partial charge in [-0.05, 0) is 54.0 Å². The Kier molecular flexibility index (Phi) is 8.63. The van der Waals surface area contributed by atoms with Crippen LogP contribution in [0.15, 0.2) is 78.4 Å². The highest BCUT2D eigenvalue weighted by Gasteiger charge is 2.14. The molecule has 3 aromatic carbocycles. The molecule has 0 aliphatic heterocycles. The van der Waals surface area contributed by atoms with Gasteiger partial charge < -0.3 is 19.5 Å². The van der Waals surface area contributed by atoms with Crippen molar-refractivity contribution >= 4 is 18.0 Å². The van der Waals surface area contributed by atoms with Gasteiger partial charge >= 0.3 is 5.97 Å². The lowest BCUT2D eigenvalue weighted by atomic mass is 10.1. The number of methoxy groups -OCH3 is 2. The van der Waals surface area contributed by atoms with Crippen molar-refractivity contribution < 1.29 is 23.8 Å². The second kappa shape index (κ2) is 12.1. The number of amides is 1. The maximum absolute atomic E-state index is 12.6. The Labute approximate surface area is 204 Å². The number of carbonyl (C=O) groups is 2. The highest BCUT2D eigenvalue weighted by Crippen LogP contribution is 2.30. The Morgan fingerprint density at radius 3 is 2.34 bits per heavy atom. The van der Waals surface area contributed by atoms with Crippen molar-refractivity contribution in [3.8, 4) is 17.6 Å². The molecule has 1 N–H and O–H groups in total. The maximum Gasteiger partial charge on any atom is 0.337 e. The molecular formula is C28H26N2O5. The quantitative estimate of drug-likeness (QED) is 0.273. The highest BCUT2D eigenvalue weighted by atomic mass is 16.5. The molecular weight excluding hydrogens is 444 g/mol. The van der Waals surface area contributed by atoms with Crippen molar-refractivity contribution in [3.05, 3.63) is 101 Å². The number of carbonyl (C=O) groups excluding carboxylic acids is 2. The van der Waals surface area contributed by atoms with E-state index in [1.807, 2.05) is 43.3 Å². The van der Waals surface area contributed by atoms with E-state index < -0.39 is 11.9 Å². The zero-order valence-electron chi connectivity index (χ0n) is 19.8. The molecule has 35 heavy (non-hydrogen) atoms. The first kappa shape index (κ1) is 25.1. The summed E-state index contributed by atoms with van der Waals surface area (Å²) >= 11 is 0. The van der Waals surface area contributed by atoms with Gasteiger partial charge in [-0.3, -0.25) is 4.79 Å². The first-order valence-electron chi connectivity index (χ1n) is 10.9. The van der Waals surface area contributed by atoms with Crippen LogP contribution in [0.4, 0.5) is 0 Å². The summed E-state index contributed by atoms with van der Waals surface area (Å²) in [6.07, 6.45) is 1.50. The molecule has 0 fully saturated rings. The molecule has 0 aliphatic rings. The fourth-order valence-corrected chi connectivity index (χ4v) is 3.32. The minimum Gasteiger partial charge on any atom is -0.493 e. The summed E-state index contributed by atoms with van der Waals surface area (Å²) < 4.78 is 16.0. The lowest BCUT2D eigenvalue weighted by Gasteiger charge is -2.14. The van der Waals surface area contributed by atoms with Crippen LogP contribution in [0.25, 0.3) is 6.08 Å². The second-order valence-electron chi connectivity index (χ2n) is 7.66. The van der Waals surface area contributed by atoms with E-state index in [1.165, 1.54) is 20.3 Å². The molecule has 0 bridgehead atoms. The summed E-state index contributed by atoms with van der Waals surface area (Å²) in [4.78, 5) is 24.2. The van der Waals surface area contributed by atoms with E-state index in [2.05, 4.69) is 5.32 Å². The summed E-state index contributed by atoms with van der Waals surface area (Å²) in [7, 11) is 2.85. The van der Waals surface area contributed by atoms with Crippen molar-refractivity contribution in [1.82, 2.24) is 5.32 Å². The Balaban J connectivity index is 1.69. The third-order valence-electron chi connectivity index (χ3n) is 5.28. The van der Waals surface area contributed by atoms with Gasteiger partial charge in [0, 0.05) is 0 Å². The molecule has 7 nitrogen and oxygen atoms in total.